The van der Waals surface area contributed by atoms with Crippen molar-refractivity contribution in [2.45, 2.75) is 24.9 Å². The average Bonchev–Trinajstić information content (AvgIpc) is 3.49. The number of carbonyl (C=O) groups excluding carboxylic acids is 2. The van der Waals surface area contributed by atoms with Gasteiger partial charge in [0.25, 0.3) is 0 Å². The molecular formula is C24H23ClN12O2. The van der Waals surface area contributed by atoms with E-state index in [-0.39, 0.29) is 30.1 Å². The Morgan fingerprint density at radius 2 is 1.95 bits per heavy atom. The molecule has 3 aromatic rings. The molecule has 39 heavy (non-hydrogen) atoms. The number of nitriles is 2. The molecule has 1 saturated carbocycles. The first-order valence-electron chi connectivity index (χ1n) is 12.4. The quantitative estimate of drug-likeness (QED) is 0.350. The van der Waals surface area contributed by atoms with Gasteiger partial charge in [-0.2, -0.15) is 20.0 Å². The highest BCUT2D eigenvalue weighted by atomic mass is 35.5. The molecule has 2 aliphatic heterocycles. The van der Waals surface area contributed by atoms with Crippen LogP contribution in [0.3, 0.4) is 0 Å². The van der Waals surface area contributed by atoms with Gasteiger partial charge in [0.15, 0.2) is 17.2 Å². The fourth-order valence-corrected chi connectivity index (χ4v) is 4.91. The minimum Gasteiger partial charge on any atom is -0.367 e. The van der Waals surface area contributed by atoms with Crippen LogP contribution in [0.4, 0.5) is 27.9 Å². The van der Waals surface area contributed by atoms with Crippen molar-refractivity contribution in [1.29, 1.82) is 10.5 Å². The van der Waals surface area contributed by atoms with Gasteiger partial charge in [0, 0.05) is 38.8 Å². The number of carbonyl (C=O) groups is 2. The molecule has 2 aromatic heterocycles. The third-order valence-corrected chi connectivity index (χ3v) is 7.22. The summed E-state index contributed by atoms with van der Waals surface area (Å²) in [6, 6.07) is 6.95. The molecule has 198 valence electrons. The fraction of sp³-hybridized carbons (Fsp3) is 0.375. The number of benzene rings is 1. The topological polar surface area (TPSA) is 179 Å². The van der Waals surface area contributed by atoms with Gasteiger partial charge in [0.05, 0.1) is 34.2 Å². The SMILES string of the molecule is N#Cc1cc(Nc2nc(NC3CC3)c3ncc(C#N)n3n2)c(Cl)c(N2CCN(C(=O)C3CNC(=O)N3)CC2)c1. The first-order valence-corrected chi connectivity index (χ1v) is 12.8. The summed E-state index contributed by atoms with van der Waals surface area (Å²) in [5, 5.41) is 35.7. The zero-order chi connectivity index (χ0) is 27.1. The summed E-state index contributed by atoms with van der Waals surface area (Å²) < 4.78 is 1.42. The van der Waals surface area contributed by atoms with E-state index in [1.54, 1.807) is 17.0 Å². The van der Waals surface area contributed by atoms with Crippen molar-refractivity contribution >= 4 is 52.3 Å². The molecule has 1 atom stereocenters. The molecule has 3 aliphatic rings. The van der Waals surface area contributed by atoms with Crippen LogP contribution in [0.1, 0.15) is 24.1 Å². The van der Waals surface area contributed by atoms with Gasteiger partial charge < -0.3 is 31.1 Å². The largest absolute Gasteiger partial charge is 0.367 e. The zero-order valence-electron chi connectivity index (χ0n) is 20.6. The standard InChI is InChI=1S/C24H23ClN12O2/c25-19-16(31-23-33-20(30-14-1-2-14)21-28-11-15(10-27)37(21)34-23)7-13(9-26)8-18(19)35-3-5-36(6-4-35)22(38)17-12-29-24(39)32-17/h7-8,11,14,17H,1-6,12H2,(H2,29,32,39)(H2,30,31,33,34). The second-order valence-corrected chi connectivity index (χ2v) is 9.88. The highest BCUT2D eigenvalue weighted by Gasteiger charge is 2.33. The number of hydrogen-bond donors (Lipinski definition) is 4. The number of nitrogens with one attached hydrogen (secondary N) is 4. The molecule has 1 unspecified atom stereocenters. The van der Waals surface area contributed by atoms with Crippen molar-refractivity contribution in [2.24, 2.45) is 0 Å². The second-order valence-electron chi connectivity index (χ2n) is 9.51. The number of aromatic nitrogens is 4. The maximum Gasteiger partial charge on any atom is 0.315 e. The summed E-state index contributed by atoms with van der Waals surface area (Å²) in [4.78, 5) is 36.8. The van der Waals surface area contributed by atoms with E-state index in [9.17, 15) is 20.1 Å². The van der Waals surface area contributed by atoms with E-state index in [0.717, 1.165) is 12.8 Å². The number of hydrogen-bond acceptors (Lipinski definition) is 10. The van der Waals surface area contributed by atoms with E-state index in [1.165, 1.54) is 10.7 Å². The third-order valence-electron chi connectivity index (χ3n) is 6.83. The van der Waals surface area contributed by atoms with E-state index < -0.39 is 6.04 Å². The van der Waals surface area contributed by atoms with Gasteiger partial charge in [-0.15, -0.1) is 5.10 Å². The molecule has 14 nitrogen and oxygen atoms in total. The van der Waals surface area contributed by atoms with Gasteiger partial charge in [-0.25, -0.2) is 9.78 Å². The molecule has 1 aromatic carbocycles. The molecule has 4 heterocycles. The molecule has 0 spiro atoms. The monoisotopic (exact) mass is 546 g/mol. The van der Waals surface area contributed by atoms with E-state index in [1.807, 2.05) is 4.90 Å². The molecule has 3 amide bonds. The summed E-state index contributed by atoms with van der Waals surface area (Å²) in [5.74, 6) is 0.552. The van der Waals surface area contributed by atoms with Crippen LogP contribution in [-0.4, -0.2) is 81.2 Å². The number of imidazole rings is 1. The first kappa shape index (κ1) is 24.5. The van der Waals surface area contributed by atoms with Crippen molar-refractivity contribution in [3.05, 3.63) is 34.6 Å². The average molecular weight is 547 g/mol. The first-order chi connectivity index (χ1) is 18.9. The minimum absolute atomic E-state index is 0.133. The van der Waals surface area contributed by atoms with Gasteiger partial charge in [-0.3, -0.25) is 4.79 Å². The van der Waals surface area contributed by atoms with E-state index >= 15 is 0 Å². The number of rotatable bonds is 6. The molecule has 0 bridgehead atoms. The summed E-state index contributed by atoms with van der Waals surface area (Å²) >= 11 is 6.84. The van der Waals surface area contributed by atoms with Gasteiger partial charge in [-0.05, 0) is 25.0 Å². The second kappa shape index (κ2) is 9.81. The van der Waals surface area contributed by atoms with Gasteiger partial charge in [0.2, 0.25) is 11.9 Å². The van der Waals surface area contributed by atoms with Gasteiger partial charge in [-0.1, -0.05) is 11.6 Å². The number of halogens is 1. The predicted molar refractivity (Wildman–Crippen MR) is 141 cm³/mol. The number of amides is 3. The normalized spacial score (nSPS) is 18.7. The predicted octanol–water partition coefficient (Wildman–Crippen LogP) is 1.17. The van der Waals surface area contributed by atoms with Crippen LogP contribution in [0.25, 0.3) is 5.65 Å². The molecule has 15 heteroatoms. The Bertz CT molecular complexity index is 1560. The van der Waals surface area contributed by atoms with Crippen LogP contribution < -0.4 is 26.2 Å². The van der Waals surface area contributed by atoms with Crippen LogP contribution in [0, 0.1) is 22.7 Å². The smallest absolute Gasteiger partial charge is 0.315 e. The highest BCUT2D eigenvalue weighted by molar-refractivity contribution is 6.36. The maximum absolute atomic E-state index is 12.8. The van der Waals surface area contributed by atoms with Crippen LogP contribution in [-0.2, 0) is 4.79 Å². The Morgan fingerprint density at radius 1 is 1.15 bits per heavy atom. The fourth-order valence-electron chi connectivity index (χ4n) is 4.64. The molecule has 4 N–H and O–H groups in total. The van der Waals surface area contributed by atoms with Crippen molar-refractivity contribution in [3.63, 3.8) is 0 Å². The van der Waals surface area contributed by atoms with Crippen molar-refractivity contribution < 1.29 is 9.59 Å². The van der Waals surface area contributed by atoms with Crippen molar-refractivity contribution in [1.82, 2.24) is 35.1 Å². The summed E-state index contributed by atoms with van der Waals surface area (Å²) in [7, 11) is 0. The van der Waals surface area contributed by atoms with E-state index in [4.69, 9.17) is 11.6 Å². The number of piperazine rings is 1. The highest BCUT2D eigenvalue weighted by Crippen LogP contribution is 2.36. The number of nitrogens with zero attached hydrogens (tertiary/aromatic N) is 8. The summed E-state index contributed by atoms with van der Waals surface area (Å²) in [6.45, 7) is 2.13. The van der Waals surface area contributed by atoms with Crippen LogP contribution in [0.5, 0.6) is 0 Å². The van der Waals surface area contributed by atoms with Crippen molar-refractivity contribution in [2.75, 3.05) is 48.3 Å². The Hall–Kier alpha value is -4.82. The number of anilines is 4. The van der Waals surface area contributed by atoms with Crippen LogP contribution in [0.2, 0.25) is 5.02 Å². The molecular weight excluding hydrogens is 524 g/mol. The van der Waals surface area contributed by atoms with Crippen LogP contribution >= 0.6 is 11.6 Å². The lowest BCUT2D eigenvalue weighted by Crippen LogP contribution is -2.54. The van der Waals surface area contributed by atoms with Gasteiger partial charge >= 0.3 is 6.03 Å². The van der Waals surface area contributed by atoms with E-state index in [0.29, 0.717) is 65.6 Å². The molecule has 1 aliphatic carbocycles. The Balaban J connectivity index is 1.25. The molecule has 0 radical (unpaired) electrons. The molecule has 3 fully saturated rings. The lowest BCUT2D eigenvalue weighted by Gasteiger charge is -2.37. The Labute approximate surface area is 227 Å². The van der Waals surface area contributed by atoms with Crippen molar-refractivity contribution in [3.8, 4) is 12.1 Å². The maximum atomic E-state index is 12.8. The number of fused-ring (bicyclic) bond motifs is 1. The van der Waals surface area contributed by atoms with Gasteiger partial charge in [0.1, 0.15) is 12.1 Å². The Morgan fingerprint density at radius 3 is 2.62 bits per heavy atom. The Kier molecular flexibility index (Phi) is 6.17. The van der Waals surface area contributed by atoms with Crippen LogP contribution in [0.15, 0.2) is 18.3 Å². The molecule has 2 saturated heterocycles. The molecule has 6 rings (SSSR count). The van der Waals surface area contributed by atoms with E-state index in [2.05, 4.69) is 48.5 Å². The third kappa shape index (κ3) is 4.78. The minimum atomic E-state index is -0.570. The lowest BCUT2D eigenvalue weighted by molar-refractivity contribution is -0.132. The summed E-state index contributed by atoms with van der Waals surface area (Å²) in [6.07, 6.45) is 3.49. The summed E-state index contributed by atoms with van der Waals surface area (Å²) in [5.41, 5.74) is 2.15. The zero-order valence-corrected chi connectivity index (χ0v) is 21.4. The lowest BCUT2D eigenvalue weighted by atomic mass is 10.1. The number of urea groups is 1.